The van der Waals surface area contributed by atoms with Crippen LogP contribution >= 0.6 is 11.6 Å². The molecule has 0 radical (unpaired) electrons. The van der Waals surface area contributed by atoms with Crippen LogP contribution in [0.25, 0.3) is 0 Å². The molecule has 1 aromatic rings. The number of anilines is 1. The minimum atomic E-state index is -4.79. The van der Waals surface area contributed by atoms with Crippen LogP contribution < -0.4 is 5.32 Å². The lowest BCUT2D eigenvalue weighted by Crippen LogP contribution is -2.41. The number of nitro benzene ring substituents is 1. The summed E-state index contributed by atoms with van der Waals surface area (Å²) in [5.74, 6) is -0.144. The molecule has 1 aromatic carbocycles. The van der Waals surface area contributed by atoms with Crippen LogP contribution in [0.5, 0.6) is 0 Å². The summed E-state index contributed by atoms with van der Waals surface area (Å²) in [4.78, 5) is 23.3. The summed E-state index contributed by atoms with van der Waals surface area (Å²) in [6, 6.07) is 0.887. The zero-order chi connectivity index (χ0) is 17.4. The van der Waals surface area contributed by atoms with Gasteiger partial charge in [-0.25, -0.2) is 0 Å². The van der Waals surface area contributed by atoms with Crippen LogP contribution in [-0.4, -0.2) is 35.4 Å². The standard InChI is InChI=1S/C13H13ClF3N3O3/c1-19-3-2-7(4-12(19)21)18-10-6-9(14)8(13(15,16)17)5-11(10)20(22)23/h5-7,18H,2-4H2,1H3. The maximum atomic E-state index is 12.8. The van der Waals surface area contributed by atoms with E-state index in [0.29, 0.717) is 19.0 Å². The van der Waals surface area contributed by atoms with Gasteiger partial charge in [-0.15, -0.1) is 0 Å². The summed E-state index contributed by atoms with van der Waals surface area (Å²) < 4.78 is 38.4. The fraction of sp³-hybridized carbons (Fsp3) is 0.462. The topological polar surface area (TPSA) is 75.5 Å². The fourth-order valence-corrected chi connectivity index (χ4v) is 2.60. The highest BCUT2D eigenvalue weighted by Gasteiger charge is 2.36. The molecule has 1 atom stereocenters. The Hall–Kier alpha value is -2.03. The number of nitro groups is 1. The van der Waals surface area contributed by atoms with E-state index < -0.39 is 33.4 Å². The van der Waals surface area contributed by atoms with Crippen molar-refractivity contribution >= 4 is 28.9 Å². The second-order valence-electron chi connectivity index (χ2n) is 5.25. The zero-order valence-electron chi connectivity index (χ0n) is 12.0. The van der Waals surface area contributed by atoms with Gasteiger partial charge in [0.1, 0.15) is 5.69 Å². The first-order chi connectivity index (χ1) is 10.6. The number of alkyl halides is 3. The van der Waals surface area contributed by atoms with Crippen LogP contribution in [-0.2, 0) is 11.0 Å². The van der Waals surface area contributed by atoms with E-state index in [1.165, 1.54) is 4.90 Å². The quantitative estimate of drug-likeness (QED) is 0.669. The summed E-state index contributed by atoms with van der Waals surface area (Å²) in [6.45, 7) is 0.457. The number of carbonyl (C=O) groups excluding carboxylic acids is 1. The van der Waals surface area contributed by atoms with Crippen LogP contribution in [0.1, 0.15) is 18.4 Å². The van der Waals surface area contributed by atoms with Crippen LogP contribution in [0.15, 0.2) is 12.1 Å². The number of amides is 1. The van der Waals surface area contributed by atoms with Crippen molar-refractivity contribution in [3.05, 3.63) is 32.8 Å². The van der Waals surface area contributed by atoms with Gasteiger partial charge in [0.2, 0.25) is 5.91 Å². The summed E-state index contributed by atoms with van der Waals surface area (Å²) in [7, 11) is 1.63. The smallest absolute Gasteiger partial charge is 0.376 e. The molecule has 2 rings (SSSR count). The van der Waals surface area contributed by atoms with Crippen molar-refractivity contribution < 1.29 is 22.9 Å². The van der Waals surface area contributed by atoms with E-state index >= 15 is 0 Å². The second kappa shape index (κ2) is 6.23. The lowest BCUT2D eigenvalue weighted by molar-refractivity contribution is -0.384. The zero-order valence-corrected chi connectivity index (χ0v) is 12.7. The third-order valence-electron chi connectivity index (χ3n) is 3.61. The van der Waals surface area contributed by atoms with Gasteiger partial charge in [-0.1, -0.05) is 11.6 Å². The van der Waals surface area contributed by atoms with E-state index in [2.05, 4.69) is 5.32 Å². The van der Waals surface area contributed by atoms with Crippen LogP contribution in [0.3, 0.4) is 0 Å². The molecule has 1 fully saturated rings. The Balaban J connectivity index is 2.33. The maximum absolute atomic E-state index is 12.8. The van der Waals surface area contributed by atoms with Crippen molar-refractivity contribution in [1.82, 2.24) is 4.90 Å². The highest BCUT2D eigenvalue weighted by Crippen LogP contribution is 2.40. The molecule has 1 aliphatic heterocycles. The predicted molar refractivity (Wildman–Crippen MR) is 77.4 cm³/mol. The third-order valence-corrected chi connectivity index (χ3v) is 3.92. The Labute approximate surface area is 134 Å². The largest absolute Gasteiger partial charge is 0.418 e. The lowest BCUT2D eigenvalue weighted by atomic mass is 10.0. The number of rotatable bonds is 3. The number of nitrogens with one attached hydrogen (secondary N) is 1. The van der Waals surface area contributed by atoms with E-state index in [1.807, 2.05) is 0 Å². The highest BCUT2D eigenvalue weighted by atomic mass is 35.5. The molecule has 126 valence electrons. The predicted octanol–water partition coefficient (Wildman–Crippen LogP) is 3.30. The first-order valence-electron chi connectivity index (χ1n) is 6.65. The molecule has 1 amide bonds. The highest BCUT2D eigenvalue weighted by molar-refractivity contribution is 6.31. The van der Waals surface area contributed by atoms with Gasteiger partial charge in [0.05, 0.1) is 15.5 Å². The molecule has 1 aliphatic rings. The van der Waals surface area contributed by atoms with Crippen molar-refractivity contribution in [2.45, 2.75) is 25.1 Å². The van der Waals surface area contributed by atoms with Crippen molar-refractivity contribution in [2.24, 2.45) is 0 Å². The number of piperidine rings is 1. The van der Waals surface area contributed by atoms with Crippen molar-refractivity contribution in [2.75, 3.05) is 18.9 Å². The summed E-state index contributed by atoms with van der Waals surface area (Å²) in [6.07, 6.45) is -4.16. The first-order valence-corrected chi connectivity index (χ1v) is 7.03. The average Bonchev–Trinajstić information content (AvgIpc) is 2.41. The number of halogens is 4. The molecule has 1 heterocycles. The number of nitrogens with zero attached hydrogens (tertiary/aromatic N) is 2. The summed E-state index contributed by atoms with van der Waals surface area (Å²) in [5.41, 5.74) is -2.13. The molecule has 0 aliphatic carbocycles. The Morgan fingerprint density at radius 1 is 1.43 bits per heavy atom. The van der Waals surface area contributed by atoms with E-state index in [9.17, 15) is 28.1 Å². The van der Waals surface area contributed by atoms with E-state index in [4.69, 9.17) is 11.6 Å². The number of hydrogen-bond donors (Lipinski definition) is 1. The van der Waals surface area contributed by atoms with Crippen LogP contribution in [0.4, 0.5) is 24.5 Å². The first kappa shape index (κ1) is 17.3. The second-order valence-corrected chi connectivity index (χ2v) is 5.66. The van der Waals surface area contributed by atoms with E-state index in [0.717, 1.165) is 6.07 Å². The molecular formula is C13H13ClF3N3O3. The third kappa shape index (κ3) is 3.84. The number of hydrogen-bond acceptors (Lipinski definition) is 4. The molecule has 10 heteroatoms. The van der Waals surface area contributed by atoms with Gasteiger partial charge in [-0.3, -0.25) is 14.9 Å². The van der Waals surface area contributed by atoms with Gasteiger partial charge in [0.25, 0.3) is 5.69 Å². The monoisotopic (exact) mass is 351 g/mol. The van der Waals surface area contributed by atoms with Gasteiger partial charge in [0.15, 0.2) is 0 Å². The van der Waals surface area contributed by atoms with Gasteiger partial charge < -0.3 is 10.2 Å². The molecule has 0 spiro atoms. The SMILES string of the molecule is CN1CCC(Nc2cc(Cl)c(C(F)(F)F)cc2[N+](=O)[O-])CC1=O. The maximum Gasteiger partial charge on any atom is 0.418 e. The van der Waals surface area contributed by atoms with Crippen LogP contribution in [0.2, 0.25) is 5.02 Å². The average molecular weight is 352 g/mol. The molecule has 0 aromatic heterocycles. The van der Waals surface area contributed by atoms with E-state index in [1.54, 1.807) is 7.05 Å². The molecular weight excluding hydrogens is 339 g/mol. The number of benzene rings is 1. The summed E-state index contributed by atoms with van der Waals surface area (Å²) >= 11 is 5.60. The molecule has 1 unspecified atom stereocenters. The van der Waals surface area contributed by atoms with Gasteiger partial charge in [-0.05, 0) is 12.5 Å². The molecule has 6 nitrogen and oxygen atoms in total. The molecule has 0 bridgehead atoms. The Kier molecular flexibility index (Phi) is 4.69. The van der Waals surface area contributed by atoms with Crippen molar-refractivity contribution in [1.29, 1.82) is 0 Å². The Morgan fingerprint density at radius 2 is 2.09 bits per heavy atom. The number of carbonyl (C=O) groups is 1. The Bertz CT molecular complexity index is 651. The molecule has 0 saturated carbocycles. The fourth-order valence-electron chi connectivity index (χ4n) is 2.33. The van der Waals surface area contributed by atoms with Gasteiger partial charge in [0, 0.05) is 32.1 Å². The summed E-state index contributed by atoms with van der Waals surface area (Å²) in [5, 5.41) is 13.2. The van der Waals surface area contributed by atoms with E-state index in [-0.39, 0.29) is 18.0 Å². The minimum Gasteiger partial charge on any atom is -0.376 e. The van der Waals surface area contributed by atoms with Gasteiger partial charge >= 0.3 is 6.18 Å². The van der Waals surface area contributed by atoms with Crippen molar-refractivity contribution in [3.63, 3.8) is 0 Å². The molecule has 1 saturated heterocycles. The van der Waals surface area contributed by atoms with Crippen molar-refractivity contribution in [3.8, 4) is 0 Å². The number of likely N-dealkylation sites (tertiary alicyclic amines) is 1. The lowest BCUT2D eigenvalue weighted by Gasteiger charge is -2.29. The molecule has 1 N–H and O–H groups in total. The minimum absolute atomic E-state index is 0.103. The molecule has 23 heavy (non-hydrogen) atoms. The Morgan fingerprint density at radius 3 is 2.61 bits per heavy atom. The normalized spacial score (nSPS) is 18.9. The van der Waals surface area contributed by atoms with Gasteiger partial charge in [-0.2, -0.15) is 13.2 Å². The van der Waals surface area contributed by atoms with Crippen LogP contribution in [0, 0.1) is 10.1 Å².